The summed E-state index contributed by atoms with van der Waals surface area (Å²) in [6.45, 7) is 1.98. The molecule has 3 rings (SSSR count). The fourth-order valence-electron chi connectivity index (χ4n) is 3.04. The van der Waals surface area contributed by atoms with Gasteiger partial charge in [-0.05, 0) is 66.8 Å². The van der Waals surface area contributed by atoms with Crippen LogP contribution in [0.15, 0.2) is 73.1 Å². The fourth-order valence-corrected chi connectivity index (χ4v) is 3.04. The summed E-state index contributed by atoms with van der Waals surface area (Å²) in [6, 6.07) is 16.8. The molecular formula is C25H23N3O3. The summed E-state index contributed by atoms with van der Waals surface area (Å²) in [5.74, 6) is -1.67. The molecule has 0 aliphatic rings. The molecule has 6 heteroatoms. The number of hydrogen-bond donors (Lipinski definition) is 2. The molecule has 0 aliphatic carbocycles. The number of Topliss-reactive ketones (excluding diaryl/α,β-unsaturated/α-hetero) is 2. The molecule has 0 aliphatic heterocycles. The Balaban J connectivity index is 1.58. The third-order valence-electron chi connectivity index (χ3n) is 4.87. The lowest BCUT2D eigenvalue weighted by Gasteiger charge is -2.08. The number of pyridine rings is 1. The number of benzene rings is 2. The minimum absolute atomic E-state index is 0.0463. The lowest BCUT2D eigenvalue weighted by atomic mass is 9.99. The van der Waals surface area contributed by atoms with Crippen LogP contribution in [-0.4, -0.2) is 28.2 Å². The Bertz CT molecular complexity index is 1110. The summed E-state index contributed by atoms with van der Waals surface area (Å²) in [5, 5.41) is 10.6. The molecule has 1 amide bonds. The molecule has 0 unspecified atom stereocenters. The summed E-state index contributed by atoms with van der Waals surface area (Å²) in [5.41, 5.74) is 2.96. The van der Waals surface area contributed by atoms with Crippen LogP contribution in [0.25, 0.3) is 0 Å². The second-order valence-electron chi connectivity index (χ2n) is 7.08. The molecule has 0 saturated carbocycles. The zero-order chi connectivity index (χ0) is 22.2. The molecule has 1 aromatic heterocycles. The molecule has 0 radical (unpaired) electrons. The van der Waals surface area contributed by atoms with Crippen LogP contribution < -0.4 is 5.32 Å². The van der Waals surface area contributed by atoms with Crippen LogP contribution in [0.4, 0.5) is 5.69 Å². The fraction of sp³-hybridized carbons (Fsp3) is 0.160. The minimum atomic E-state index is -0.602. The monoisotopic (exact) mass is 413 g/mol. The van der Waals surface area contributed by atoms with Crippen LogP contribution in [0.3, 0.4) is 0 Å². The van der Waals surface area contributed by atoms with Crippen molar-refractivity contribution >= 4 is 28.9 Å². The van der Waals surface area contributed by atoms with Gasteiger partial charge >= 0.3 is 0 Å². The van der Waals surface area contributed by atoms with Gasteiger partial charge in [-0.2, -0.15) is 0 Å². The molecule has 156 valence electrons. The van der Waals surface area contributed by atoms with Gasteiger partial charge in [0.2, 0.25) is 11.6 Å². The van der Waals surface area contributed by atoms with Crippen molar-refractivity contribution in [2.45, 2.75) is 26.2 Å². The molecule has 0 atom stereocenters. The Kier molecular flexibility index (Phi) is 7.17. The van der Waals surface area contributed by atoms with E-state index < -0.39 is 17.5 Å². The summed E-state index contributed by atoms with van der Waals surface area (Å²) < 4.78 is 0. The van der Waals surface area contributed by atoms with Gasteiger partial charge in [0.25, 0.3) is 5.91 Å². The van der Waals surface area contributed by atoms with E-state index in [1.807, 2.05) is 25.1 Å². The Morgan fingerprint density at radius 2 is 1.61 bits per heavy atom. The van der Waals surface area contributed by atoms with E-state index in [2.05, 4.69) is 10.3 Å². The standard InChI is InChI=1S/C25H23N3O3/c1-2-17-5-3-7-20(15-17)24(30)23(29)19-9-11-21(12-10-19)28-25(31)22(26)13-8-18-6-4-14-27-16-18/h3-7,9-12,14-16,26H,2,8,13H2,1H3,(H,28,31). The lowest BCUT2D eigenvalue weighted by Crippen LogP contribution is -2.22. The summed E-state index contributed by atoms with van der Waals surface area (Å²) in [7, 11) is 0. The number of carbonyl (C=O) groups excluding carboxylic acids is 3. The summed E-state index contributed by atoms with van der Waals surface area (Å²) >= 11 is 0. The van der Waals surface area contributed by atoms with Gasteiger partial charge in [-0.25, -0.2) is 0 Å². The van der Waals surface area contributed by atoms with E-state index >= 15 is 0 Å². The Hall–Kier alpha value is -3.93. The number of rotatable bonds is 9. The lowest BCUT2D eigenvalue weighted by molar-refractivity contribution is -0.110. The third kappa shape index (κ3) is 5.79. The molecule has 3 aromatic rings. The topological polar surface area (TPSA) is 100.0 Å². The van der Waals surface area contributed by atoms with Gasteiger partial charge in [0.1, 0.15) is 0 Å². The van der Waals surface area contributed by atoms with Crippen LogP contribution in [0, 0.1) is 5.41 Å². The van der Waals surface area contributed by atoms with E-state index in [1.165, 1.54) is 12.1 Å². The number of hydrogen-bond acceptors (Lipinski definition) is 5. The highest BCUT2D eigenvalue weighted by molar-refractivity contribution is 6.49. The molecule has 1 heterocycles. The van der Waals surface area contributed by atoms with Gasteiger partial charge in [0, 0.05) is 29.2 Å². The van der Waals surface area contributed by atoms with Crippen molar-refractivity contribution in [3.8, 4) is 0 Å². The molecule has 31 heavy (non-hydrogen) atoms. The van der Waals surface area contributed by atoms with Gasteiger partial charge in [-0.15, -0.1) is 0 Å². The quantitative estimate of drug-likeness (QED) is 0.310. The molecule has 0 spiro atoms. The number of ketones is 2. The largest absolute Gasteiger partial charge is 0.321 e. The number of amides is 1. The first kappa shape index (κ1) is 21.8. The van der Waals surface area contributed by atoms with E-state index in [4.69, 9.17) is 5.41 Å². The van der Waals surface area contributed by atoms with Crippen molar-refractivity contribution in [2.75, 3.05) is 5.32 Å². The molecule has 2 aromatic carbocycles. The number of anilines is 1. The van der Waals surface area contributed by atoms with Crippen LogP contribution in [0.1, 0.15) is 45.2 Å². The van der Waals surface area contributed by atoms with Gasteiger partial charge in [0.15, 0.2) is 0 Å². The summed E-state index contributed by atoms with van der Waals surface area (Å²) in [6.07, 6.45) is 5.00. The zero-order valence-electron chi connectivity index (χ0n) is 17.2. The van der Waals surface area contributed by atoms with Gasteiger partial charge in [0.05, 0.1) is 5.71 Å². The van der Waals surface area contributed by atoms with E-state index in [0.29, 0.717) is 24.1 Å². The van der Waals surface area contributed by atoms with E-state index in [-0.39, 0.29) is 11.3 Å². The second kappa shape index (κ2) is 10.2. The van der Waals surface area contributed by atoms with Crippen LogP contribution in [0.2, 0.25) is 0 Å². The van der Waals surface area contributed by atoms with Crippen molar-refractivity contribution < 1.29 is 14.4 Å². The highest BCUT2D eigenvalue weighted by Crippen LogP contribution is 2.14. The number of aromatic nitrogens is 1. The van der Waals surface area contributed by atoms with Gasteiger partial charge < -0.3 is 5.32 Å². The first-order valence-electron chi connectivity index (χ1n) is 10.0. The molecule has 0 fully saturated rings. The molecule has 6 nitrogen and oxygen atoms in total. The first-order valence-corrected chi connectivity index (χ1v) is 10.0. The SMILES string of the molecule is CCc1cccc(C(=O)C(=O)c2ccc(NC(=O)C(=N)CCc3cccnc3)cc2)c1. The molecule has 2 N–H and O–H groups in total. The van der Waals surface area contributed by atoms with E-state index in [0.717, 1.165) is 17.5 Å². The number of carbonyl (C=O) groups is 3. The predicted octanol–water partition coefficient (Wildman–Crippen LogP) is 4.30. The second-order valence-corrected chi connectivity index (χ2v) is 7.08. The van der Waals surface area contributed by atoms with Crippen LogP contribution in [0.5, 0.6) is 0 Å². The summed E-state index contributed by atoms with van der Waals surface area (Å²) in [4.78, 5) is 41.3. The van der Waals surface area contributed by atoms with Crippen molar-refractivity contribution in [3.63, 3.8) is 0 Å². The van der Waals surface area contributed by atoms with E-state index in [9.17, 15) is 14.4 Å². The number of aryl methyl sites for hydroxylation is 2. The normalized spacial score (nSPS) is 10.4. The zero-order valence-corrected chi connectivity index (χ0v) is 17.2. The Morgan fingerprint density at radius 3 is 2.29 bits per heavy atom. The highest BCUT2D eigenvalue weighted by atomic mass is 16.2. The van der Waals surface area contributed by atoms with Crippen molar-refractivity contribution in [1.82, 2.24) is 4.98 Å². The third-order valence-corrected chi connectivity index (χ3v) is 4.87. The van der Waals surface area contributed by atoms with Crippen molar-refractivity contribution in [3.05, 3.63) is 95.3 Å². The van der Waals surface area contributed by atoms with Gasteiger partial charge in [-0.3, -0.25) is 24.8 Å². The Morgan fingerprint density at radius 1 is 0.903 bits per heavy atom. The Labute approximate surface area is 180 Å². The average molecular weight is 413 g/mol. The van der Waals surface area contributed by atoms with Gasteiger partial charge in [-0.1, -0.05) is 31.2 Å². The minimum Gasteiger partial charge on any atom is -0.321 e. The number of nitrogens with zero attached hydrogens (tertiary/aromatic N) is 1. The number of nitrogens with one attached hydrogen (secondary N) is 2. The van der Waals surface area contributed by atoms with Crippen LogP contribution in [-0.2, 0) is 17.6 Å². The van der Waals surface area contributed by atoms with Crippen LogP contribution >= 0.6 is 0 Å². The molecule has 0 bridgehead atoms. The first-order chi connectivity index (χ1) is 15.0. The average Bonchev–Trinajstić information content (AvgIpc) is 2.82. The van der Waals surface area contributed by atoms with Crippen molar-refractivity contribution in [1.29, 1.82) is 5.41 Å². The molecular weight excluding hydrogens is 390 g/mol. The predicted molar refractivity (Wildman–Crippen MR) is 120 cm³/mol. The maximum atomic E-state index is 12.5. The van der Waals surface area contributed by atoms with Crippen molar-refractivity contribution in [2.24, 2.45) is 0 Å². The smallest absolute Gasteiger partial charge is 0.269 e. The maximum Gasteiger partial charge on any atom is 0.269 e. The highest BCUT2D eigenvalue weighted by Gasteiger charge is 2.19. The van der Waals surface area contributed by atoms with E-state index in [1.54, 1.807) is 42.7 Å². The molecule has 0 saturated heterocycles. The maximum absolute atomic E-state index is 12.5.